The molecule has 2 bridgehead atoms. The quantitative estimate of drug-likeness (QED) is 0.735. The molecule has 2 aromatic heterocycles. The van der Waals surface area contributed by atoms with Crippen LogP contribution >= 0.6 is 11.6 Å². The summed E-state index contributed by atoms with van der Waals surface area (Å²) in [7, 11) is 0. The van der Waals surface area contributed by atoms with Gasteiger partial charge >= 0.3 is 6.01 Å². The van der Waals surface area contributed by atoms with E-state index in [0.717, 1.165) is 12.8 Å². The Bertz CT molecular complexity index is 956. The molecule has 2 aromatic rings. The molecule has 0 radical (unpaired) electrons. The highest BCUT2D eigenvalue weighted by Gasteiger charge is 2.56. The molecule has 0 spiro atoms. The fourth-order valence-electron chi connectivity index (χ4n) is 4.37. The first kappa shape index (κ1) is 19.1. The molecule has 2 unspecified atom stereocenters. The number of aliphatic hydroxyl groups is 1. The minimum Gasteiger partial charge on any atom is -0.463 e. The maximum absolute atomic E-state index is 14.6. The number of ether oxygens (including phenoxy) is 1. The van der Waals surface area contributed by atoms with Crippen LogP contribution in [0.5, 0.6) is 6.01 Å². The molecule has 2 saturated carbocycles. The van der Waals surface area contributed by atoms with Gasteiger partial charge in [-0.25, -0.2) is 18.2 Å². The molecule has 10 heteroatoms. The van der Waals surface area contributed by atoms with E-state index in [9.17, 15) is 18.3 Å². The van der Waals surface area contributed by atoms with Gasteiger partial charge in [0.05, 0.1) is 18.6 Å². The number of piperidine rings is 1. The van der Waals surface area contributed by atoms with E-state index in [4.69, 9.17) is 16.3 Å². The maximum Gasteiger partial charge on any atom is 0.319 e. The number of halogens is 4. The van der Waals surface area contributed by atoms with Crippen molar-refractivity contribution in [1.82, 2.24) is 15.0 Å². The van der Waals surface area contributed by atoms with Gasteiger partial charge in [0.25, 0.3) is 5.92 Å². The average molecular weight is 429 g/mol. The molecular formula is C19H20ClF3N4O2. The standard InChI is InChI=1S/C19H20ClF3N4O2/c20-15-13(21)14-12(5-24-15)16(26-17(25-14)29-9-18(8-28)3-4-18)27-6-10-1-2-11(7-27)19(10,22)23/h5,10-11,28H,1-4,6-9H2. The van der Waals surface area contributed by atoms with Crippen molar-refractivity contribution in [1.29, 1.82) is 0 Å². The summed E-state index contributed by atoms with van der Waals surface area (Å²) in [4.78, 5) is 14.2. The van der Waals surface area contributed by atoms with Gasteiger partial charge in [0, 0.05) is 36.5 Å². The second-order valence-electron chi connectivity index (χ2n) is 8.45. The fourth-order valence-corrected chi connectivity index (χ4v) is 4.51. The van der Waals surface area contributed by atoms with E-state index in [0.29, 0.717) is 24.0 Å². The summed E-state index contributed by atoms with van der Waals surface area (Å²) in [6, 6.07) is -0.0573. The van der Waals surface area contributed by atoms with Crippen molar-refractivity contribution < 1.29 is 23.0 Å². The first-order chi connectivity index (χ1) is 13.8. The van der Waals surface area contributed by atoms with Crippen molar-refractivity contribution in [3.05, 3.63) is 17.2 Å². The van der Waals surface area contributed by atoms with E-state index in [1.807, 2.05) is 0 Å². The van der Waals surface area contributed by atoms with E-state index < -0.39 is 23.6 Å². The molecular weight excluding hydrogens is 409 g/mol. The van der Waals surface area contributed by atoms with Crippen molar-refractivity contribution in [2.45, 2.75) is 31.6 Å². The second-order valence-corrected chi connectivity index (χ2v) is 8.81. The Morgan fingerprint density at radius 2 is 1.90 bits per heavy atom. The maximum atomic E-state index is 14.6. The van der Waals surface area contributed by atoms with Gasteiger partial charge in [-0.1, -0.05) is 11.6 Å². The van der Waals surface area contributed by atoms with Crippen LogP contribution in [0.3, 0.4) is 0 Å². The van der Waals surface area contributed by atoms with Crippen molar-refractivity contribution in [3.8, 4) is 6.01 Å². The Morgan fingerprint density at radius 1 is 1.21 bits per heavy atom. The molecule has 29 heavy (non-hydrogen) atoms. The SMILES string of the molecule is OCC1(COc2nc(N3CC4CCC(C3)C4(F)F)c3cnc(Cl)c(F)c3n2)CC1. The number of pyridine rings is 1. The first-order valence-corrected chi connectivity index (χ1v) is 10.1. The molecule has 6 nitrogen and oxygen atoms in total. The summed E-state index contributed by atoms with van der Waals surface area (Å²) in [5.74, 6) is -4.68. The summed E-state index contributed by atoms with van der Waals surface area (Å²) >= 11 is 5.82. The Morgan fingerprint density at radius 3 is 2.52 bits per heavy atom. The highest BCUT2D eigenvalue weighted by atomic mass is 35.5. The predicted molar refractivity (Wildman–Crippen MR) is 99.9 cm³/mol. The van der Waals surface area contributed by atoms with Gasteiger partial charge in [-0.15, -0.1) is 0 Å². The molecule has 2 atom stereocenters. The summed E-state index contributed by atoms with van der Waals surface area (Å²) in [5.41, 5.74) is -0.359. The van der Waals surface area contributed by atoms with Gasteiger partial charge < -0.3 is 14.7 Å². The van der Waals surface area contributed by atoms with E-state index in [2.05, 4.69) is 15.0 Å². The fraction of sp³-hybridized carbons (Fsp3) is 0.632. The number of aliphatic hydroxyl groups excluding tert-OH is 1. The van der Waals surface area contributed by atoms with E-state index >= 15 is 0 Å². The monoisotopic (exact) mass is 428 g/mol. The zero-order valence-electron chi connectivity index (χ0n) is 15.5. The van der Waals surface area contributed by atoms with Crippen molar-refractivity contribution in [2.75, 3.05) is 31.2 Å². The minimum atomic E-state index is -2.69. The third-order valence-electron chi connectivity index (χ3n) is 6.53. The zero-order chi connectivity index (χ0) is 20.4. The Balaban J connectivity index is 1.54. The predicted octanol–water partition coefficient (Wildman–Crippen LogP) is 3.45. The molecule has 1 saturated heterocycles. The van der Waals surface area contributed by atoms with Crippen molar-refractivity contribution >= 4 is 28.3 Å². The van der Waals surface area contributed by atoms with Crippen LogP contribution in [0, 0.1) is 23.1 Å². The molecule has 3 fully saturated rings. The van der Waals surface area contributed by atoms with Crippen LogP contribution in [0.25, 0.3) is 10.9 Å². The van der Waals surface area contributed by atoms with Gasteiger partial charge in [-0.05, 0) is 25.7 Å². The third-order valence-corrected chi connectivity index (χ3v) is 6.80. The number of hydrogen-bond acceptors (Lipinski definition) is 6. The first-order valence-electron chi connectivity index (χ1n) is 9.71. The molecule has 3 aliphatic rings. The number of fused-ring (bicyclic) bond motifs is 3. The highest BCUT2D eigenvalue weighted by molar-refractivity contribution is 6.30. The number of aromatic nitrogens is 3. The van der Waals surface area contributed by atoms with Gasteiger partial charge in [0.1, 0.15) is 11.3 Å². The lowest BCUT2D eigenvalue weighted by molar-refractivity contribution is -0.0830. The summed E-state index contributed by atoms with van der Waals surface area (Å²) in [6.45, 7) is 0.445. The summed E-state index contributed by atoms with van der Waals surface area (Å²) < 4.78 is 49.0. The van der Waals surface area contributed by atoms with Crippen LogP contribution in [0.2, 0.25) is 5.15 Å². The lowest BCUT2D eigenvalue weighted by Gasteiger charge is -2.38. The highest BCUT2D eigenvalue weighted by Crippen LogP contribution is 2.50. The van der Waals surface area contributed by atoms with E-state index in [1.165, 1.54) is 6.20 Å². The molecule has 0 aromatic carbocycles. The molecule has 1 aliphatic heterocycles. The molecule has 1 N–H and O–H groups in total. The number of rotatable bonds is 5. The lowest BCUT2D eigenvalue weighted by Crippen LogP contribution is -2.49. The summed E-state index contributed by atoms with van der Waals surface area (Å²) in [6.07, 6.45) is 3.94. The van der Waals surface area contributed by atoms with Crippen LogP contribution in [-0.4, -0.2) is 52.3 Å². The number of anilines is 1. The van der Waals surface area contributed by atoms with Crippen LogP contribution in [0.1, 0.15) is 25.7 Å². The molecule has 3 heterocycles. The Labute approximate surface area is 170 Å². The smallest absolute Gasteiger partial charge is 0.319 e. The zero-order valence-corrected chi connectivity index (χ0v) is 16.3. The van der Waals surface area contributed by atoms with Gasteiger partial charge in [-0.2, -0.15) is 9.97 Å². The second kappa shape index (κ2) is 6.57. The number of nitrogens with zero attached hydrogens (tertiary/aromatic N) is 4. The van der Waals surface area contributed by atoms with Gasteiger partial charge in [0.2, 0.25) is 0 Å². The van der Waals surface area contributed by atoms with E-state index in [1.54, 1.807) is 4.90 Å². The van der Waals surface area contributed by atoms with Gasteiger partial charge in [-0.3, -0.25) is 0 Å². The Kier molecular flexibility index (Phi) is 4.33. The number of hydrogen-bond donors (Lipinski definition) is 1. The minimum absolute atomic E-state index is 0.0118. The number of alkyl halides is 2. The van der Waals surface area contributed by atoms with Crippen molar-refractivity contribution in [2.24, 2.45) is 17.3 Å². The Hall–Kier alpha value is -1.87. The van der Waals surface area contributed by atoms with Crippen LogP contribution in [0.15, 0.2) is 6.20 Å². The van der Waals surface area contributed by atoms with Crippen LogP contribution in [0.4, 0.5) is 19.0 Å². The van der Waals surface area contributed by atoms with Crippen molar-refractivity contribution in [3.63, 3.8) is 0 Å². The molecule has 156 valence electrons. The summed E-state index contributed by atoms with van der Waals surface area (Å²) in [5, 5.41) is 9.46. The average Bonchev–Trinajstić information content (AvgIpc) is 3.47. The van der Waals surface area contributed by atoms with Crippen LogP contribution in [-0.2, 0) is 0 Å². The van der Waals surface area contributed by atoms with Crippen LogP contribution < -0.4 is 9.64 Å². The topological polar surface area (TPSA) is 71.4 Å². The largest absolute Gasteiger partial charge is 0.463 e. The van der Waals surface area contributed by atoms with E-state index in [-0.39, 0.29) is 48.4 Å². The normalized spacial score (nSPS) is 26.7. The lowest BCUT2D eigenvalue weighted by atomic mass is 9.93. The third kappa shape index (κ3) is 3.09. The molecule has 2 aliphatic carbocycles. The molecule has 0 amide bonds. The molecule has 5 rings (SSSR count). The van der Waals surface area contributed by atoms with Gasteiger partial charge in [0.15, 0.2) is 11.0 Å².